The second-order valence-electron chi connectivity index (χ2n) is 6.65. The Bertz CT molecular complexity index is 793. The predicted molar refractivity (Wildman–Crippen MR) is 87.9 cm³/mol. The van der Waals surface area contributed by atoms with Crippen molar-refractivity contribution in [3.05, 3.63) is 41.2 Å². The largest absolute Gasteiger partial charge is 0.493 e. The first-order chi connectivity index (χ1) is 12.1. The Balaban J connectivity index is 1.46. The van der Waals surface area contributed by atoms with Crippen LogP contribution in [0, 0.1) is 0 Å². The number of benzene rings is 1. The summed E-state index contributed by atoms with van der Waals surface area (Å²) in [7, 11) is 0. The summed E-state index contributed by atoms with van der Waals surface area (Å²) < 4.78 is 21.1. The summed E-state index contributed by atoms with van der Waals surface area (Å²) in [5, 5.41) is 7.65. The fraction of sp³-hybridized carbons (Fsp3) is 0.471. The summed E-state index contributed by atoms with van der Waals surface area (Å²) in [5.41, 5.74) is 7.69. The molecule has 2 atom stereocenters. The van der Waals surface area contributed by atoms with Crippen molar-refractivity contribution in [3.8, 4) is 5.75 Å². The van der Waals surface area contributed by atoms with E-state index in [1.807, 2.05) is 12.1 Å². The molecule has 0 unspecified atom stereocenters. The van der Waals surface area contributed by atoms with E-state index in [1.165, 1.54) is 11.8 Å². The molecule has 7 nitrogen and oxygen atoms in total. The number of nitrogens with zero attached hydrogens (tertiary/aromatic N) is 4. The molecule has 2 aliphatic rings. The van der Waals surface area contributed by atoms with Gasteiger partial charge in [0, 0.05) is 25.6 Å². The van der Waals surface area contributed by atoms with E-state index in [1.54, 1.807) is 4.68 Å². The van der Waals surface area contributed by atoms with Crippen LogP contribution in [-0.4, -0.2) is 51.2 Å². The first-order valence-corrected chi connectivity index (χ1v) is 8.41. The van der Waals surface area contributed by atoms with E-state index in [9.17, 15) is 9.18 Å². The molecule has 2 aliphatic heterocycles. The third-order valence-corrected chi connectivity index (χ3v) is 4.81. The maximum Gasteiger partial charge on any atom is 0.270 e. The van der Waals surface area contributed by atoms with Gasteiger partial charge in [-0.05, 0) is 23.6 Å². The average molecular weight is 345 g/mol. The molecule has 1 saturated heterocycles. The van der Waals surface area contributed by atoms with Crippen LogP contribution in [0.15, 0.2) is 24.4 Å². The van der Waals surface area contributed by atoms with Gasteiger partial charge < -0.3 is 10.5 Å². The number of hydrogen-bond acceptors (Lipinski definition) is 5. The minimum Gasteiger partial charge on any atom is -0.493 e. The third kappa shape index (κ3) is 3.34. The van der Waals surface area contributed by atoms with E-state index in [0.717, 1.165) is 24.3 Å². The molecule has 132 valence electrons. The van der Waals surface area contributed by atoms with Gasteiger partial charge >= 0.3 is 0 Å². The van der Waals surface area contributed by atoms with Crippen molar-refractivity contribution in [2.75, 3.05) is 13.2 Å². The lowest BCUT2D eigenvalue weighted by Crippen LogP contribution is -2.32. The van der Waals surface area contributed by atoms with E-state index >= 15 is 0 Å². The highest BCUT2D eigenvalue weighted by atomic mass is 19.1. The van der Waals surface area contributed by atoms with Crippen LogP contribution in [0.3, 0.4) is 0 Å². The number of hydrogen-bond donors (Lipinski definition) is 1. The Kier molecular flexibility index (Phi) is 4.12. The van der Waals surface area contributed by atoms with Crippen LogP contribution in [0.4, 0.5) is 4.39 Å². The number of halogens is 1. The monoisotopic (exact) mass is 345 g/mol. The van der Waals surface area contributed by atoms with Crippen LogP contribution in [0.25, 0.3) is 0 Å². The van der Waals surface area contributed by atoms with Crippen LogP contribution < -0.4 is 10.5 Å². The Morgan fingerprint density at radius 2 is 2.32 bits per heavy atom. The highest BCUT2D eigenvalue weighted by molar-refractivity contribution is 5.90. The highest BCUT2D eigenvalue weighted by Crippen LogP contribution is 2.28. The number of aromatic nitrogens is 3. The van der Waals surface area contributed by atoms with Gasteiger partial charge in [0.2, 0.25) is 0 Å². The number of amides is 1. The van der Waals surface area contributed by atoms with Crippen LogP contribution in [0.1, 0.15) is 28.0 Å². The summed E-state index contributed by atoms with van der Waals surface area (Å²) in [6.45, 7) is 2.28. The number of fused-ring (bicyclic) bond motifs is 1. The SMILES string of the molecule is NC(=O)c1cn(C[C@@H]2C[C@H](F)CN2Cc2ccc3c(c2)CCO3)nn1. The number of carbonyl (C=O) groups excluding carboxylic acids is 1. The molecule has 8 heteroatoms. The fourth-order valence-electron chi connectivity index (χ4n) is 3.60. The van der Waals surface area contributed by atoms with Crippen molar-refractivity contribution in [2.24, 2.45) is 5.73 Å². The molecule has 1 amide bonds. The minimum absolute atomic E-state index is 0.00179. The number of primary amides is 1. The molecule has 0 spiro atoms. The summed E-state index contributed by atoms with van der Waals surface area (Å²) in [5.74, 6) is 0.338. The maximum absolute atomic E-state index is 14.0. The lowest BCUT2D eigenvalue weighted by molar-refractivity contribution is 0.0995. The molecule has 1 aromatic carbocycles. The van der Waals surface area contributed by atoms with Crippen LogP contribution in [0.2, 0.25) is 0 Å². The number of carbonyl (C=O) groups is 1. The van der Waals surface area contributed by atoms with Crippen molar-refractivity contribution in [1.29, 1.82) is 0 Å². The molecule has 0 radical (unpaired) electrons. The zero-order chi connectivity index (χ0) is 17.4. The molecule has 2 N–H and O–H groups in total. The van der Waals surface area contributed by atoms with Gasteiger partial charge in [-0.3, -0.25) is 14.4 Å². The van der Waals surface area contributed by atoms with E-state index in [0.29, 0.717) is 26.1 Å². The van der Waals surface area contributed by atoms with E-state index in [4.69, 9.17) is 10.5 Å². The van der Waals surface area contributed by atoms with E-state index in [2.05, 4.69) is 21.3 Å². The molecular formula is C17H20FN5O2. The molecule has 0 aliphatic carbocycles. The molecular weight excluding hydrogens is 325 g/mol. The summed E-state index contributed by atoms with van der Waals surface area (Å²) >= 11 is 0. The Morgan fingerprint density at radius 1 is 1.44 bits per heavy atom. The molecule has 25 heavy (non-hydrogen) atoms. The van der Waals surface area contributed by atoms with Gasteiger partial charge in [-0.1, -0.05) is 17.3 Å². The lowest BCUT2D eigenvalue weighted by atomic mass is 10.1. The van der Waals surface area contributed by atoms with E-state index < -0.39 is 12.1 Å². The second-order valence-corrected chi connectivity index (χ2v) is 6.65. The Hall–Kier alpha value is -2.48. The van der Waals surface area contributed by atoms with Crippen LogP contribution in [-0.2, 0) is 19.5 Å². The minimum atomic E-state index is -0.859. The number of alkyl halides is 1. The van der Waals surface area contributed by atoms with Gasteiger partial charge in [-0.25, -0.2) is 4.39 Å². The molecule has 3 heterocycles. The Morgan fingerprint density at radius 3 is 3.12 bits per heavy atom. The average Bonchev–Trinajstić information content (AvgIpc) is 3.28. The van der Waals surface area contributed by atoms with Gasteiger partial charge in [0.25, 0.3) is 5.91 Å². The highest BCUT2D eigenvalue weighted by Gasteiger charge is 2.32. The molecule has 1 fully saturated rings. The zero-order valence-corrected chi connectivity index (χ0v) is 13.8. The van der Waals surface area contributed by atoms with Gasteiger partial charge in [-0.15, -0.1) is 5.10 Å². The number of likely N-dealkylation sites (tertiary alicyclic amines) is 1. The van der Waals surface area contributed by atoms with Gasteiger partial charge in [0.1, 0.15) is 11.9 Å². The number of nitrogens with two attached hydrogens (primary N) is 1. The summed E-state index contributed by atoms with van der Waals surface area (Å²) in [6, 6.07) is 6.17. The van der Waals surface area contributed by atoms with Gasteiger partial charge in [-0.2, -0.15) is 0 Å². The van der Waals surface area contributed by atoms with E-state index in [-0.39, 0.29) is 11.7 Å². The van der Waals surface area contributed by atoms with Gasteiger partial charge in [0.15, 0.2) is 5.69 Å². The first kappa shape index (κ1) is 16.0. The first-order valence-electron chi connectivity index (χ1n) is 8.41. The summed E-state index contributed by atoms with van der Waals surface area (Å²) in [6.07, 6.45) is 2.02. The Labute approximate surface area is 144 Å². The molecule has 4 rings (SSSR count). The topological polar surface area (TPSA) is 86.3 Å². The van der Waals surface area contributed by atoms with Crippen molar-refractivity contribution >= 4 is 5.91 Å². The molecule has 2 aromatic rings. The maximum atomic E-state index is 14.0. The standard InChI is InChI=1S/C17H20FN5O2/c18-13-6-14(9-23-10-15(17(19)24)20-21-23)22(8-13)7-11-1-2-16-12(5-11)3-4-25-16/h1-2,5,10,13-14H,3-4,6-9H2,(H2,19,24)/t13-,14-/m0/s1. The van der Waals surface area contributed by atoms with Crippen LogP contribution >= 0.6 is 0 Å². The van der Waals surface area contributed by atoms with Gasteiger partial charge in [0.05, 0.1) is 19.3 Å². The van der Waals surface area contributed by atoms with Crippen molar-refractivity contribution in [1.82, 2.24) is 19.9 Å². The summed E-state index contributed by atoms with van der Waals surface area (Å²) in [4.78, 5) is 13.2. The second kappa shape index (κ2) is 6.44. The normalized spacial score (nSPS) is 22.8. The van der Waals surface area contributed by atoms with Crippen molar-refractivity contribution < 1.29 is 13.9 Å². The van der Waals surface area contributed by atoms with Crippen LogP contribution in [0.5, 0.6) is 5.75 Å². The molecule has 0 saturated carbocycles. The molecule has 1 aromatic heterocycles. The van der Waals surface area contributed by atoms with Crippen molar-refractivity contribution in [3.63, 3.8) is 0 Å². The third-order valence-electron chi connectivity index (χ3n) is 4.81. The predicted octanol–water partition coefficient (Wildman–Crippen LogP) is 0.924. The number of rotatable bonds is 5. The lowest BCUT2D eigenvalue weighted by Gasteiger charge is -2.24. The van der Waals surface area contributed by atoms with Crippen molar-refractivity contribution in [2.45, 2.75) is 38.1 Å². The fourth-order valence-corrected chi connectivity index (χ4v) is 3.60. The number of ether oxygens (including phenoxy) is 1. The quantitative estimate of drug-likeness (QED) is 0.871. The smallest absolute Gasteiger partial charge is 0.270 e. The zero-order valence-electron chi connectivity index (χ0n) is 13.8. The molecule has 0 bridgehead atoms.